The van der Waals surface area contributed by atoms with Crippen LogP contribution in [0.4, 0.5) is 0 Å². The molecule has 78 valence electrons. The van der Waals surface area contributed by atoms with Gasteiger partial charge in [-0.2, -0.15) is 0 Å². The number of nitrogens with one attached hydrogen (secondary N) is 1. The molecular formula is C9H13NO4. The van der Waals surface area contributed by atoms with E-state index in [1.165, 1.54) is 14.2 Å². The Morgan fingerprint density at radius 1 is 1.21 bits per heavy atom. The molecular weight excluding hydrogens is 186 g/mol. The zero-order valence-corrected chi connectivity index (χ0v) is 8.25. The predicted octanol–water partition coefficient (Wildman–Crippen LogP) is -0.0301. The van der Waals surface area contributed by atoms with Crippen LogP contribution in [0.5, 0.6) is 0 Å². The second-order valence-corrected chi connectivity index (χ2v) is 2.87. The summed E-state index contributed by atoms with van der Waals surface area (Å²) in [6.07, 6.45) is 1.36. The van der Waals surface area contributed by atoms with Crippen LogP contribution in [0.15, 0.2) is 11.3 Å². The summed E-state index contributed by atoms with van der Waals surface area (Å²) < 4.78 is 9.12. The average molecular weight is 199 g/mol. The van der Waals surface area contributed by atoms with Crippen LogP contribution in [-0.2, 0) is 19.1 Å². The largest absolute Gasteiger partial charge is 0.466 e. The molecule has 0 atom stereocenters. The second kappa shape index (κ2) is 4.64. The summed E-state index contributed by atoms with van der Waals surface area (Å²) in [5, 5.41) is 2.84. The van der Waals surface area contributed by atoms with Gasteiger partial charge >= 0.3 is 11.9 Å². The number of carbonyl (C=O) groups excluding carboxylic acids is 2. The standard InChI is InChI=1S/C9H13NO4/c1-13-8(11)6-4-3-5-10-7(6)9(12)14-2/h10H,3-5H2,1-2H3. The minimum absolute atomic E-state index is 0.227. The molecule has 0 saturated carbocycles. The molecule has 0 spiro atoms. The van der Waals surface area contributed by atoms with Gasteiger partial charge in [0.25, 0.3) is 0 Å². The van der Waals surface area contributed by atoms with Crippen LogP contribution in [0.25, 0.3) is 0 Å². The predicted molar refractivity (Wildman–Crippen MR) is 48.3 cm³/mol. The molecule has 1 aliphatic heterocycles. The lowest BCUT2D eigenvalue weighted by Gasteiger charge is -2.18. The Balaban J connectivity index is 2.96. The van der Waals surface area contributed by atoms with Crippen molar-refractivity contribution in [2.75, 3.05) is 20.8 Å². The lowest BCUT2D eigenvalue weighted by atomic mass is 10.0. The highest BCUT2D eigenvalue weighted by molar-refractivity contribution is 6.00. The molecule has 0 unspecified atom stereocenters. The van der Waals surface area contributed by atoms with Gasteiger partial charge in [0.2, 0.25) is 0 Å². The van der Waals surface area contributed by atoms with Gasteiger partial charge in [0.05, 0.1) is 19.8 Å². The van der Waals surface area contributed by atoms with Crippen molar-refractivity contribution >= 4 is 11.9 Å². The fourth-order valence-corrected chi connectivity index (χ4v) is 1.34. The molecule has 0 saturated heterocycles. The van der Waals surface area contributed by atoms with Crippen LogP contribution in [0.3, 0.4) is 0 Å². The van der Waals surface area contributed by atoms with Crippen LogP contribution in [0.1, 0.15) is 12.8 Å². The normalized spacial score (nSPS) is 15.9. The first kappa shape index (κ1) is 10.6. The topological polar surface area (TPSA) is 64.6 Å². The summed E-state index contributed by atoms with van der Waals surface area (Å²) in [7, 11) is 2.57. The third-order valence-corrected chi connectivity index (χ3v) is 2.03. The highest BCUT2D eigenvalue weighted by Gasteiger charge is 2.24. The van der Waals surface area contributed by atoms with Gasteiger partial charge in [-0.3, -0.25) is 0 Å². The Hall–Kier alpha value is -1.52. The van der Waals surface area contributed by atoms with Crippen molar-refractivity contribution in [2.24, 2.45) is 0 Å². The van der Waals surface area contributed by atoms with Crippen molar-refractivity contribution in [2.45, 2.75) is 12.8 Å². The molecule has 0 aromatic carbocycles. The van der Waals surface area contributed by atoms with Crippen molar-refractivity contribution in [3.63, 3.8) is 0 Å². The highest BCUT2D eigenvalue weighted by atomic mass is 16.5. The number of carbonyl (C=O) groups is 2. The van der Waals surface area contributed by atoms with Crippen molar-refractivity contribution in [1.82, 2.24) is 5.32 Å². The fourth-order valence-electron chi connectivity index (χ4n) is 1.34. The summed E-state index contributed by atoms with van der Waals surface area (Å²) in [5.41, 5.74) is 0.594. The van der Waals surface area contributed by atoms with Crippen molar-refractivity contribution in [3.05, 3.63) is 11.3 Å². The van der Waals surface area contributed by atoms with E-state index in [1.807, 2.05) is 0 Å². The first-order chi connectivity index (χ1) is 6.70. The lowest BCUT2D eigenvalue weighted by molar-refractivity contribution is -0.140. The van der Waals surface area contributed by atoms with E-state index >= 15 is 0 Å². The maximum atomic E-state index is 11.3. The van der Waals surface area contributed by atoms with Gasteiger partial charge in [0, 0.05) is 6.54 Å². The maximum absolute atomic E-state index is 11.3. The van der Waals surface area contributed by atoms with Gasteiger partial charge < -0.3 is 14.8 Å². The van der Waals surface area contributed by atoms with E-state index in [0.717, 1.165) is 6.42 Å². The molecule has 1 N–H and O–H groups in total. The minimum Gasteiger partial charge on any atom is -0.466 e. The molecule has 1 aliphatic rings. The number of hydrogen-bond acceptors (Lipinski definition) is 5. The lowest BCUT2D eigenvalue weighted by Crippen LogP contribution is -2.30. The van der Waals surface area contributed by atoms with Crippen LogP contribution < -0.4 is 5.32 Å². The van der Waals surface area contributed by atoms with Crippen LogP contribution in [0.2, 0.25) is 0 Å². The van der Waals surface area contributed by atoms with Crippen LogP contribution in [0, 0.1) is 0 Å². The monoisotopic (exact) mass is 199 g/mol. The molecule has 1 heterocycles. The van der Waals surface area contributed by atoms with Gasteiger partial charge in [-0.15, -0.1) is 0 Å². The van der Waals surface area contributed by atoms with Crippen LogP contribution >= 0.6 is 0 Å². The van der Waals surface area contributed by atoms with E-state index in [-0.39, 0.29) is 5.70 Å². The van der Waals surface area contributed by atoms with Crippen molar-refractivity contribution in [1.29, 1.82) is 0 Å². The number of esters is 2. The van der Waals surface area contributed by atoms with E-state index in [0.29, 0.717) is 18.5 Å². The SMILES string of the molecule is COC(=O)C1=C(C(=O)OC)NCCC1. The van der Waals surface area contributed by atoms with Gasteiger partial charge in [0.15, 0.2) is 0 Å². The van der Waals surface area contributed by atoms with Crippen LogP contribution in [-0.4, -0.2) is 32.7 Å². The van der Waals surface area contributed by atoms with E-state index in [4.69, 9.17) is 0 Å². The highest BCUT2D eigenvalue weighted by Crippen LogP contribution is 2.16. The average Bonchev–Trinajstić information content (AvgIpc) is 2.27. The van der Waals surface area contributed by atoms with E-state index < -0.39 is 11.9 Å². The minimum atomic E-state index is -0.523. The summed E-state index contributed by atoms with van der Waals surface area (Å²) in [6.45, 7) is 0.672. The summed E-state index contributed by atoms with van der Waals surface area (Å²) in [4.78, 5) is 22.5. The zero-order chi connectivity index (χ0) is 10.6. The third kappa shape index (κ3) is 2.04. The molecule has 0 fully saturated rings. The van der Waals surface area contributed by atoms with Crippen molar-refractivity contribution in [3.8, 4) is 0 Å². The Morgan fingerprint density at radius 3 is 2.43 bits per heavy atom. The van der Waals surface area contributed by atoms with Gasteiger partial charge in [-0.1, -0.05) is 0 Å². The van der Waals surface area contributed by atoms with Crippen molar-refractivity contribution < 1.29 is 19.1 Å². The third-order valence-electron chi connectivity index (χ3n) is 2.03. The number of ether oxygens (including phenoxy) is 2. The molecule has 5 heteroatoms. The van der Waals surface area contributed by atoms with Gasteiger partial charge in [-0.05, 0) is 12.8 Å². The van der Waals surface area contributed by atoms with Gasteiger partial charge in [0.1, 0.15) is 5.70 Å². The maximum Gasteiger partial charge on any atom is 0.354 e. The molecule has 14 heavy (non-hydrogen) atoms. The number of hydrogen-bond donors (Lipinski definition) is 1. The Kier molecular flexibility index (Phi) is 3.50. The number of rotatable bonds is 2. The van der Waals surface area contributed by atoms with Gasteiger partial charge in [-0.25, -0.2) is 9.59 Å². The molecule has 1 rings (SSSR count). The summed E-state index contributed by atoms with van der Waals surface area (Å²) in [6, 6.07) is 0. The molecule has 0 bridgehead atoms. The molecule has 0 aromatic rings. The quantitative estimate of drug-likeness (QED) is 0.633. The number of methoxy groups -OCH3 is 2. The Morgan fingerprint density at radius 2 is 1.86 bits per heavy atom. The summed E-state index contributed by atoms with van der Waals surface area (Å²) in [5.74, 6) is -0.998. The van der Waals surface area contributed by atoms with E-state index in [1.54, 1.807) is 0 Å². The van der Waals surface area contributed by atoms with E-state index in [9.17, 15) is 9.59 Å². The molecule has 0 amide bonds. The Bertz CT molecular complexity index is 255. The first-order valence-corrected chi connectivity index (χ1v) is 4.34. The smallest absolute Gasteiger partial charge is 0.354 e. The fraction of sp³-hybridized carbons (Fsp3) is 0.556. The summed E-state index contributed by atoms with van der Waals surface area (Å²) >= 11 is 0. The molecule has 5 nitrogen and oxygen atoms in total. The second-order valence-electron chi connectivity index (χ2n) is 2.87. The first-order valence-electron chi connectivity index (χ1n) is 4.34. The Labute approximate surface area is 82.1 Å². The van der Waals surface area contributed by atoms with E-state index in [2.05, 4.69) is 14.8 Å². The zero-order valence-electron chi connectivity index (χ0n) is 8.25. The molecule has 0 radical (unpaired) electrons. The molecule has 0 aromatic heterocycles. The molecule has 0 aliphatic carbocycles.